The van der Waals surface area contributed by atoms with Crippen LogP contribution in [0.25, 0.3) is 0 Å². The summed E-state index contributed by atoms with van der Waals surface area (Å²) in [4.78, 5) is 0. The molecule has 0 heterocycles. The normalized spacial score (nSPS) is 12.4. The number of hydrazine groups is 1. The SMILES string of the molecule is Cc1cc(C)cc(CC(Cc2ccc(F)cc2Cl)NN)c1. The van der Waals surface area contributed by atoms with Gasteiger partial charge in [-0.25, -0.2) is 4.39 Å². The predicted octanol–water partition coefficient (Wildman–Crippen LogP) is 3.71. The molecule has 3 N–H and O–H groups in total. The van der Waals surface area contributed by atoms with Crippen molar-refractivity contribution in [3.63, 3.8) is 0 Å². The van der Waals surface area contributed by atoms with E-state index in [1.807, 2.05) is 0 Å². The highest BCUT2D eigenvalue weighted by atomic mass is 35.5. The Labute approximate surface area is 130 Å². The molecule has 0 amide bonds. The lowest BCUT2D eigenvalue weighted by atomic mass is 9.97. The molecule has 2 rings (SSSR count). The van der Waals surface area contributed by atoms with Gasteiger partial charge in [0, 0.05) is 11.1 Å². The van der Waals surface area contributed by atoms with Crippen molar-refractivity contribution in [2.75, 3.05) is 0 Å². The van der Waals surface area contributed by atoms with Crippen LogP contribution in [-0.4, -0.2) is 6.04 Å². The Morgan fingerprint density at radius 3 is 2.33 bits per heavy atom. The molecule has 0 spiro atoms. The summed E-state index contributed by atoms with van der Waals surface area (Å²) < 4.78 is 13.1. The molecule has 0 saturated heterocycles. The summed E-state index contributed by atoms with van der Waals surface area (Å²) in [5.41, 5.74) is 7.42. The second-order valence-electron chi connectivity index (χ2n) is 5.50. The fraction of sp³-hybridized carbons (Fsp3) is 0.294. The second kappa shape index (κ2) is 7.03. The van der Waals surface area contributed by atoms with Gasteiger partial charge in [0.1, 0.15) is 5.82 Å². The maximum absolute atomic E-state index is 13.1. The average Bonchev–Trinajstić information content (AvgIpc) is 2.39. The smallest absolute Gasteiger partial charge is 0.124 e. The number of halogens is 2. The minimum atomic E-state index is -0.324. The summed E-state index contributed by atoms with van der Waals surface area (Å²) >= 11 is 6.08. The summed E-state index contributed by atoms with van der Waals surface area (Å²) in [5.74, 6) is 5.33. The van der Waals surface area contributed by atoms with Crippen molar-refractivity contribution in [3.8, 4) is 0 Å². The Kier molecular flexibility index (Phi) is 5.34. The minimum absolute atomic E-state index is 0.0501. The van der Waals surface area contributed by atoms with Gasteiger partial charge in [0.05, 0.1) is 0 Å². The van der Waals surface area contributed by atoms with Crippen LogP contribution in [0.2, 0.25) is 5.02 Å². The van der Waals surface area contributed by atoms with Crippen LogP contribution in [0.4, 0.5) is 4.39 Å². The lowest BCUT2D eigenvalue weighted by molar-refractivity contribution is 0.521. The van der Waals surface area contributed by atoms with E-state index in [4.69, 9.17) is 17.4 Å². The van der Waals surface area contributed by atoms with Gasteiger partial charge >= 0.3 is 0 Å². The standard InChI is InChI=1S/C17H20ClFN2/c1-11-5-12(2)7-13(6-11)8-16(21-20)9-14-3-4-15(19)10-17(14)18/h3-7,10,16,21H,8-9,20H2,1-2H3. The minimum Gasteiger partial charge on any atom is -0.271 e. The van der Waals surface area contributed by atoms with Gasteiger partial charge in [-0.1, -0.05) is 47.0 Å². The number of nitrogens with one attached hydrogen (secondary N) is 1. The highest BCUT2D eigenvalue weighted by molar-refractivity contribution is 6.31. The van der Waals surface area contributed by atoms with Crippen molar-refractivity contribution in [1.82, 2.24) is 5.43 Å². The Morgan fingerprint density at radius 2 is 1.76 bits per heavy atom. The first-order valence-corrected chi connectivity index (χ1v) is 7.33. The molecule has 2 nitrogen and oxygen atoms in total. The Morgan fingerprint density at radius 1 is 1.10 bits per heavy atom. The fourth-order valence-corrected chi connectivity index (χ4v) is 2.86. The van der Waals surface area contributed by atoms with Gasteiger partial charge in [0.2, 0.25) is 0 Å². The molecular weight excluding hydrogens is 287 g/mol. The van der Waals surface area contributed by atoms with Crippen LogP contribution in [0.15, 0.2) is 36.4 Å². The highest BCUT2D eigenvalue weighted by Crippen LogP contribution is 2.20. The second-order valence-corrected chi connectivity index (χ2v) is 5.91. The van der Waals surface area contributed by atoms with Crippen LogP contribution in [-0.2, 0) is 12.8 Å². The summed E-state index contributed by atoms with van der Waals surface area (Å²) in [6.45, 7) is 4.16. The number of benzene rings is 2. The first kappa shape index (κ1) is 16.0. The molecule has 1 unspecified atom stereocenters. The maximum Gasteiger partial charge on any atom is 0.124 e. The van der Waals surface area contributed by atoms with E-state index in [9.17, 15) is 4.39 Å². The quantitative estimate of drug-likeness (QED) is 0.653. The molecule has 2 aromatic rings. The maximum atomic E-state index is 13.1. The summed E-state index contributed by atoms with van der Waals surface area (Å²) in [5, 5.41) is 0.440. The first-order chi connectivity index (χ1) is 9.97. The third kappa shape index (κ3) is 4.53. The van der Waals surface area contributed by atoms with E-state index < -0.39 is 0 Å². The van der Waals surface area contributed by atoms with Crippen molar-refractivity contribution in [3.05, 3.63) is 69.5 Å². The topological polar surface area (TPSA) is 38.0 Å². The van der Waals surface area contributed by atoms with E-state index in [1.54, 1.807) is 6.07 Å². The van der Waals surface area contributed by atoms with Gasteiger partial charge in [-0.3, -0.25) is 11.3 Å². The molecule has 1 atom stereocenters. The highest BCUT2D eigenvalue weighted by Gasteiger charge is 2.12. The average molecular weight is 307 g/mol. The van der Waals surface area contributed by atoms with Gasteiger partial charge in [-0.15, -0.1) is 0 Å². The van der Waals surface area contributed by atoms with E-state index >= 15 is 0 Å². The van der Waals surface area contributed by atoms with Crippen LogP contribution in [0.5, 0.6) is 0 Å². The molecule has 0 fully saturated rings. The van der Waals surface area contributed by atoms with Crippen molar-refractivity contribution in [2.45, 2.75) is 32.7 Å². The van der Waals surface area contributed by atoms with Gasteiger partial charge in [-0.05, 0) is 49.9 Å². The lowest BCUT2D eigenvalue weighted by Gasteiger charge is -2.17. The summed E-state index contributed by atoms with van der Waals surface area (Å²) in [6.07, 6.45) is 1.45. The number of hydrogen-bond donors (Lipinski definition) is 2. The number of rotatable bonds is 5. The van der Waals surface area contributed by atoms with Crippen molar-refractivity contribution in [2.24, 2.45) is 5.84 Å². The summed E-state index contributed by atoms with van der Waals surface area (Å²) in [6, 6.07) is 11.0. The molecule has 112 valence electrons. The van der Waals surface area contributed by atoms with Crippen molar-refractivity contribution < 1.29 is 4.39 Å². The molecule has 0 saturated carbocycles. The molecule has 0 aromatic heterocycles. The van der Waals surface area contributed by atoms with Crippen molar-refractivity contribution in [1.29, 1.82) is 0 Å². The first-order valence-electron chi connectivity index (χ1n) is 6.95. The molecule has 0 radical (unpaired) electrons. The number of hydrogen-bond acceptors (Lipinski definition) is 2. The van der Waals surface area contributed by atoms with Crippen LogP contribution >= 0.6 is 11.6 Å². The van der Waals surface area contributed by atoms with E-state index in [2.05, 4.69) is 37.5 Å². The zero-order chi connectivity index (χ0) is 15.4. The molecule has 21 heavy (non-hydrogen) atoms. The molecule has 0 aliphatic carbocycles. The Balaban J connectivity index is 2.12. The van der Waals surface area contributed by atoms with Crippen LogP contribution in [0, 0.1) is 19.7 Å². The Hall–Kier alpha value is -1.42. The van der Waals surface area contributed by atoms with E-state index in [-0.39, 0.29) is 11.9 Å². The van der Waals surface area contributed by atoms with Gasteiger partial charge in [0.25, 0.3) is 0 Å². The largest absolute Gasteiger partial charge is 0.271 e. The monoisotopic (exact) mass is 306 g/mol. The molecule has 0 aliphatic heterocycles. The molecular formula is C17H20ClFN2. The molecule has 0 aliphatic rings. The number of aryl methyl sites for hydroxylation is 2. The molecule has 2 aromatic carbocycles. The lowest BCUT2D eigenvalue weighted by Crippen LogP contribution is -2.38. The van der Waals surface area contributed by atoms with Crippen LogP contribution < -0.4 is 11.3 Å². The Bertz CT molecular complexity index is 608. The van der Waals surface area contributed by atoms with Gasteiger partial charge in [-0.2, -0.15) is 0 Å². The third-order valence-corrected chi connectivity index (χ3v) is 3.83. The zero-order valence-corrected chi connectivity index (χ0v) is 13.0. The van der Waals surface area contributed by atoms with Crippen LogP contribution in [0.3, 0.4) is 0 Å². The van der Waals surface area contributed by atoms with E-state index in [1.165, 1.54) is 28.8 Å². The van der Waals surface area contributed by atoms with Crippen LogP contribution in [0.1, 0.15) is 22.3 Å². The fourth-order valence-electron chi connectivity index (χ4n) is 2.61. The van der Waals surface area contributed by atoms with Gasteiger partial charge < -0.3 is 0 Å². The van der Waals surface area contributed by atoms with E-state index in [0.717, 1.165) is 12.0 Å². The molecule has 4 heteroatoms. The third-order valence-electron chi connectivity index (χ3n) is 3.48. The van der Waals surface area contributed by atoms with Gasteiger partial charge in [0.15, 0.2) is 0 Å². The van der Waals surface area contributed by atoms with Crippen molar-refractivity contribution >= 4 is 11.6 Å². The zero-order valence-electron chi connectivity index (χ0n) is 12.3. The van der Waals surface area contributed by atoms with E-state index in [0.29, 0.717) is 11.4 Å². The predicted molar refractivity (Wildman–Crippen MR) is 85.8 cm³/mol. The summed E-state index contributed by atoms with van der Waals surface area (Å²) in [7, 11) is 0. The molecule has 0 bridgehead atoms. The number of nitrogens with two attached hydrogens (primary N) is 1.